The summed E-state index contributed by atoms with van der Waals surface area (Å²) in [7, 11) is 0. The molecular formula is C12H11ClN6. The predicted molar refractivity (Wildman–Crippen MR) is 73.0 cm³/mol. The number of rotatable bonds is 3. The molecule has 0 spiro atoms. The van der Waals surface area contributed by atoms with E-state index in [0.29, 0.717) is 18.0 Å². The van der Waals surface area contributed by atoms with Crippen LogP contribution in [0.5, 0.6) is 0 Å². The molecule has 0 amide bonds. The quantitative estimate of drug-likeness (QED) is 0.717. The van der Waals surface area contributed by atoms with Crippen molar-refractivity contribution in [3.8, 4) is 0 Å². The fourth-order valence-corrected chi connectivity index (χ4v) is 1.98. The molecule has 7 heteroatoms. The van der Waals surface area contributed by atoms with Gasteiger partial charge in [-0.2, -0.15) is 15.1 Å². The number of nitrogens with zero attached hydrogens (tertiary/aromatic N) is 4. The van der Waals surface area contributed by atoms with Crippen LogP contribution in [0, 0.1) is 6.92 Å². The monoisotopic (exact) mass is 274 g/mol. The normalized spacial score (nSPS) is 10.8. The third-order valence-corrected chi connectivity index (χ3v) is 2.99. The lowest BCUT2D eigenvalue weighted by Gasteiger charge is -2.08. The molecule has 0 saturated carbocycles. The van der Waals surface area contributed by atoms with Crippen LogP contribution in [0.2, 0.25) is 5.28 Å². The van der Waals surface area contributed by atoms with Gasteiger partial charge in [-0.1, -0.05) is 6.07 Å². The Balaban J connectivity index is 1.90. The molecule has 0 fully saturated rings. The second kappa shape index (κ2) is 4.81. The summed E-state index contributed by atoms with van der Waals surface area (Å²) in [5.74, 6) is 0.647. The number of H-pyrrole nitrogens is 1. The van der Waals surface area contributed by atoms with Crippen LogP contribution >= 0.6 is 11.6 Å². The molecule has 0 aliphatic rings. The summed E-state index contributed by atoms with van der Waals surface area (Å²) in [6, 6.07) is 3.93. The van der Waals surface area contributed by atoms with Crippen molar-refractivity contribution in [2.75, 3.05) is 5.32 Å². The highest BCUT2D eigenvalue weighted by molar-refractivity contribution is 6.28. The number of anilines is 1. The van der Waals surface area contributed by atoms with E-state index in [1.54, 1.807) is 12.4 Å². The second-order valence-corrected chi connectivity index (χ2v) is 4.43. The average Bonchev–Trinajstić information content (AvgIpc) is 2.85. The van der Waals surface area contributed by atoms with Crippen LogP contribution in [-0.4, -0.2) is 25.1 Å². The van der Waals surface area contributed by atoms with Gasteiger partial charge in [0.25, 0.3) is 0 Å². The highest BCUT2D eigenvalue weighted by Gasteiger charge is 2.08. The Morgan fingerprint density at radius 3 is 3.11 bits per heavy atom. The summed E-state index contributed by atoms with van der Waals surface area (Å²) in [4.78, 5) is 12.5. The SMILES string of the molecule is Cc1cccnc1CNc1nc(Cl)nc2[nH]ncc12. The summed E-state index contributed by atoms with van der Waals surface area (Å²) < 4.78 is 0. The van der Waals surface area contributed by atoms with Gasteiger partial charge in [0, 0.05) is 6.20 Å². The number of aromatic amines is 1. The number of aryl methyl sites for hydroxylation is 1. The van der Waals surface area contributed by atoms with Crippen LogP contribution in [0.25, 0.3) is 11.0 Å². The lowest BCUT2D eigenvalue weighted by Crippen LogP contribution is -2.05. The van der Waals surface area contributed by atoms with Gasteiger partial charge in [-0.25, -0.2) is 0 Å². The van der Waals surface area contributed by atoms with E-state index in [4.69, 9.17) is 11.6 Å². The smallest absolute Gasteiger partial charge is 0.226 e. The largest absolute Gasteiger partial charge is 0.364 e. The van der Waals surface area contributed by atoms with Crippen LogP contribution in [0.15, 0.2) is 24.5 Å². The van der Waals surface area contributed by atoms with E-state index in [2.05, 4.69) is 30.5 Å². The maximum Gasteiger partial charge on any atom is 0.226 e. The zero-order valence-corrected chi connectivity index (χ0v) is 10.9. The predicted octanol–water partition coefficient (Wildman–Crippen LogP) is 2.32. The van der Waals surface area contributed by atoms with Gasteiger partial charge in [-0.15, -0.1) is 0 Å². The molecule has 0 atom stereocenters. The minimum absolute atomic E-state index is 0.178. The zero-order valence-electron chi connectivity index (χ0n) is 10.2. The first-order valence-corrected chi connectivity index (χ1v) is 6.13. The lowest BCUT2D eigenvalue weighted by atomic mass is 10.2. The standard InChI is InChI=1S/C12H11ClN6/c1-7-3-2-4-14-9(7)6-15-10-8-5-16-19-11(8)18-12(13)17-10/h2-5H,6H2,1H3,(H2,15,16,17,18,19). The fourth-order valence-electron chi connectivity index (χ4n) is 1.81. The molecule has 3 heterocycles. The van der Waals surface area contributed by atoms with Crippen molar-refractivity contribution in [2.24, 2.45) is 0 Å². The Bertz CT molecular complexity index is 723. The molecule has 0 radical (unpaired) electrons. The molecule has 0 aromatic carbocycles. The molecular weight excluding hydrogens is 264 g/mol. The van der Waals surface area contributed by atoms with Gasteiger partial charge in [0.15, 0.2) is 5.65 Å². The molecule has 96 valence electrons. The Morgan fingerprint density at radius 2 is 2.26 bits per heavy atom. The van der Waals surface area contributed by atoms with Crippen LogP contribution in [-0.2, 0) is 6.54 Å². The molecule has 19 heavy (non-hydrogen) atoms. The zero-order chi connectivity index (χ0) is 13.2. The first kappa shape index (κ1) is 11.9. The van der Waals surface area contributed by atoms with E-state index in [1.807, 2.05) is 19.1 Å². The van der Waals surface area contributed by atoms with Gasteiger partial charge in [0.1, 0.15) is 5.82 Å². The van der Waals surface area contributed by atoms with E-state index >= 15 is 0 Å². The molecule has 0 unspecified atom stereocenters. The van der Waals surface area contributed by atoms with E-state index in [0.717, 1.165) is 16.6 Å². The van der Waals surface area contributed by atoms with Gasteiger partial charge in [0.05, 0.1) is 23.8 Å². The highest BCUT2D eigenvalue weighted by Crippen LogP contribution is 2.20. The van der Waals surface area contributed by atoms with Gasteiger partial charge < -0.3 is 5.32 Å². The molecule has 0 aliphatic heterocycles. The Hall–Kier alpha value is -2.21. The lowest BCUT2D eigenvalue weighted by molar-refractivity contribution is 1.00. The Kier molecular flexibility index (Phi) is 3.00. The number of pyridine rings is 1. The van der Waals surface area contributed by atoms with Crippen molar-refractivity contribution in [1.29, 1.82) is 0 Å². The van der Waals surface area contributed by atoms with Gasteiger partial charge in [-0.05, 0) is 30.2 Å². The van der Waals surface area contributed by atoms with Gasteiger partial charge in [0.2, 0.25) is 5.28 Å². The molecule has 0 aliphatic carbocycles. The summed E-state index contributed by atoms with van der Waals surface area (Å²) in [6.07, 6.45) is 3.43. The molecule has 0 saturated heterocycles. The summed E-state index contributed by atoms with van der Waals surface area (Å²) in [5.41, 5.74) is 2.70. The van der Waals surface area contributed by atoms with E-state index in [-0.39, 0.29) is 5.28 Å². The molecule has 3 aromatic heterocycles. The van der Waals surface area contributed by atoms with Crippen LogP contribution in [0.4, 0.5) is 5.82 Å². The summed E-state index contributed by atoms with van der Waals surface area (Å²) in [5, 5.41) is 10.9. The third kappa shape index (κ3) is 2.34. The summed E-state index contributed by atoms with van der Waals surface area (Å²) in [6.45, 7) is 2.59. The summed E-state index contributed by atoms with van der Waals surface area (Å²) >= 11 is 5.87. The highest BCUT2D eigenvalue weighted by atomic mass is 35.5. The van der Waals surface area contributed by atoms with Crippen molar-refractivity contribution in [2.45, 2.75) is 13.5 Å². The number of nitrogens with one attached hydrogen (secondary N) is 2. The topological polar surface area (TPSA) is 79.4 Å². The van der Waals surface area contributed by atoms with Crippen molar-refractivity contribution in [3.05, 3.63) is 41.1 Å². The van der Waals surface area contributed by atoms with Crippen molar-refractivity contribution >= 4 is 28.5 Å². The van der Waals surface area contributed by atoms with Crippen LogP contribution < -0.4 is 5.32 Å². The molecule has 0 bridgehead atoms. The van der Waals surface area contributed by atoms with Crippen molar-refractivity contribution < 1.29 is 0 Å². The molecule has 3 aromatic rings. The first-order chi connectivity index (χ1) is 9.24. The maximum absolute atomic E-state index is 5.87. The number of fused-ring (bicyclic) bond motifs is 1. The molecule has 6 nitrogen and oxygen atoms in total. The second-order valence-electron chi connectivity index (χ2n) is 4.09. The molecule has 3 rings (SSSR count). The van der Waals surface area contributed by atoms with E-state index in [1.165, 1.54) is 0 Å². The Morgan fingerprint density at radius 1 is 1.37 bits per heavy atom. The first-order valence-electron chi connectivity index (χ1n) is 5.75. The number of aromatic nitrogens is 5. The number of hydrogen-bond donors (Lipinski definition) is 2. The number of halogens is 1. The third-order valence-electron chi connectivity index (χ3n) is 2.82. The Labute approximate surface area is 114 Å². The average molecular weight is 275 g/mol. The van der Waals surface area contributed by atoms with Crippen molar-refractivity contribution in [1.82, 2.24) is 25.1 Å². The van der Waals surface area contributed by atoms with Crippen LogP contribution in [0.3, 0.4) is 0 Å². The van der Waals surface area contributed by atoms with Gasteiger partial charge >= 0.3 is 0 Å². The van der Waals surface area contributed by atoms with Crippen LogP contribution in [0.1, 0.15) is 11.3 Å². The maximum atomic E-state index is 5.87. The van der Waals surface area contributed by atoms with Crippen molar-refractivity contribution in [3.63, 3.8) is 0 Å². The van der Waals surface area contributed by atoms with E-state index < -0.39 is 0 Å². The van der Waals surface area contributed by atoms with E-state index in [9.17, 15) is 0 Å². The molecule has 2 N–H and O–H groups in total. The minimum Gasteiger partial charge on any atom is -0.364 e. The van der Waals surface area contributed by atoms with Gasteiger partial charge in [-0.3, -0.25) is 10.1 Å². The number of hydrogen-bond acceptors (Lipinski definition) is 5. The minimum atomic E-state index is 0.178. The fraction of sp³-hybridized carbons (Fsp3) is 0.167.